The SMILES string of the molecule is COc1ccc([C@@]23CC/C(=N\O)C[C@@H]2N(C)CC3)cc1OC. The predicted molar refractivity (Wildman–Crippen MR) is 85.3 cm³/mol. The zero-order valence-electron chi connectivity index (χ0n) is 13.5. The third-order valence-corrected chi connectivity index (χ3v) is 5.47. The lowest BCUT2D eigenvalue weighted by molar-refractivity contribution is 0.220. The predicted octanol–water partition coefficient (Wildman–Crippen LogP) is 2.66. The van der Waals surface area contributed by atoms with E-state index in [0.29, 0.717) is 6.04 Å². The minimum absolute atomic E-state index is 0.114. The van der Waals surface area contributed by atoms with E-state index in [2.05, 4.69) is 29.2 Å². The lowest BCUT2D eigenvalue weighted by Gasteiger charge is -2.42. The quantitative estimate of drug-likeness (QED) is 0.689. The van der Waals surface area contributed by atoms with Crippen LogP contribution in [0.4, 0.5) is 0 Å². The van der Waals surface area contributed by atoms with Crippen LogP contribution in [-0.4, -0.2) is 49.7 Å². The molecule has 0 spiro atoms. The van der Waals surface area contributed by atoms with Crippen LogP contribution in [0.15, 0.2) is 23.4 Å². The molecule has 1 aliphatic carbocycles. The van der Waals surface area contributed by atoms with E-state index >= 15 is 0 Å². The molecule has 2 aliphatic rings. The Bertz CT molecular complexity index is 587. The van der Waals surface area contributed by atoms with Crippen LogP contribution in [0.1, 0.15) is 31.2 Å². The summed E-state index contributed by atoms with van der Waals surface area (Å²) in [5, 5.41) is 12.6. The van der Waals surface area contributed by atoms with Crippen LogP contribution in [0.3, 0.4) is 0 Å². The van der Waals surface area contributed by atoms with Gasteiger partial charge in [0.05, 0.1) is 19.9 Å². The Morgan fingerprint density at radius 1 is 1.23 bits per heavy atom. The average molecular weight is 304 g/mol. The molecule has 1 aliphatic heterocycles. The highest BCUT2D eigenvalue weighted by Gasteiger charge is 2.49. The molecule has 0 amide bonds. The summed E-state index contributed by atoms with van der Waals surface area (Å²) >= 11 is 0. The van der Waals surface area contributed by atoms with Gasteiger partial charge in [-0.25, -0.2) is 0 Å². The molecular weight excluding hydrogens is 280 g/mol. The van der Waals surface area contributed by atoms with E-state index in [1.165, 1.54) is 5.56 Å². The van der Waals surface area contributed by atoms with Crippen molar-refractivity contribution in [2.45, 2.75) is 37.1 Å². The van der Waals surface area contributed by atoms with Gasteiger partial charge < -0.3 is 19.6 Å². The number of hydrogen-bond acceptors (Lipinski definition) is 5. The first-order valence-corrected chi connectivity index (χ1v) is 7.77. The summed E-state index contributed by atoms with van der Waals surface area (Å²) in [7, 11) is 5.50. The van der Waals surface area contributed by atoms with Crippen molar-refractivity contribution < 1.29 is 14.7 Å². The molecule has 3 rings (SSSR count). The Morgan fingerprint density at radius 3 is 2.68 bits per heavy atom. The number of oxime groups is 1. The van der Waals surface area contributed by atoms with Gasteiger partial charge in [-0.05, 0) is 50.6 Å². The minimum Gasteiger partial charge on any atom is -0.493 e. The maximum absolute atomic E-state index is 9.14. The van der Waals surface area contributed by atoms with E-state index in [4.69, 9.17) is 14.7 Å². The zero-order chi connectivity index (χ0) is 15.7. The number of ether oxygens (including phenoxy) is 2. The number of methoxy groups -OCH3 is 2. The molecule has 0 aromatic heterocycles. The number of hydrogen-bond donors (Lipinski definition) is 1. The van der Waals surface area contributed by atoms with Gasteiger partial charge in [0.25, 0.3) is 0 Å². The molecule has 2 atom stereocenters. The Kier molecular flexibility index (Phi) is 4.00. The minimum atomic E-state index is 0.114. The molecule has 5 nitrogen and oxygen atoms in total. The first-order chi connectivity index (χ1) is 10.6. The third-order valence-electron chi connectivity index (χ3n) is 5.47. The number of benzene rings is 1. The molecule has 1 heterocycles. The second-order valence-electron chi connectivity index (χ2n) is 6.34. The van der Waals surface area contributed by atoms with E-state index in [0.717, 1.165) is 49.4 Å². The first-order valence-electron chi connectivity index (χ1n) is 7.77. The van der Waals surface area contributed by atoms with Crippen molar-refractivity contribution in [1.82, 2.24) is 4.90 Å². The van der Waals surface area contributed by atoms with Crippen LogP contribution in [0, 0.1) is 0 Å². The van der Waals surface area contributed by atoms with Gasteiger partial charge in [-0.15, -0.1) is 0 Å². The summed E-state index contributed by atoms with van der Waals surface area (Å²) in [6.45, 7) is 1.07. The van der Waals surface area contributed by atoms with Crippen molar-refractivity contribution in [1.29, 1.82) is 0 Å². The van der Waals surface area contributed by atoms with Gasteiger partial charge in [0.15, 0.2) is 11.5 Å². The highest BCUT2D eigenvalue weighted by molar-refractivity contribution is 5.86. The Labute approximate surface area is 131 Å². The van der Waals surface area contributed by atoms with Gasteiger partial charge in [-0.3, -0.25) is 0 Å². The smallest absolute Gasteiger partial charge is 0.161 e. The van der Waals surface area contributed by atoms with Crippen molar-refractivity contribution in [3.8, 4) is 11.5 Å². The van der Waals surface area contributed by atoms with Gasteiger partial charge in [0.2, 0.25) is 0 Å². The molecule has 1 aromatic rings. The van der Waals surface area contributed by atoms with Gasteiger partial charge in [-0.1, -0.05) is 11.2 Å². The molecule has 1 N–H and O–H groups in total. The van der Waals surface area contributed by atoms with Crippen molar-refractivity contribution in [3.05, 3.63) is 23.8 Å². The molecular formula is C17H24N2O3. The van der Waals surface area contributed by atoms with Crippen LogP contribution in [0.25, 0.3) is 0 Å². The van der Waals surface area contributed by atoms with Crippen molar-refractivity contribution >= 4 is 5.71 Å². The second-order valence-corrected chi connectivity index (χ2v) is 6.34. The maximum atomic E-state index is 9.14. The van der Waals surface area contributed by atoms with Gasteiger partial charge in [-0.2, -0.15) is 0 Å². The fraction of sp³-hybridized carbons (Fsp3) is 0.588. The van der Waals surface area contributed by atoms with Crippen LogP contribution >= 0.6 is 0 Å². The number of nitrogens with zero attached hydrogens (tertiary/aromatic N) is 2. The standard InChI is InChI=1S/C17H24N2O3/c1-19-9-8-17(7-6-13(18-20)11-16(17)19)12-4-5-14(21-2)15(10-12)22-3/h4-5,10,16,20H,6-9,11H2,1-3H3/b18-13+/t16-,17-/m0/s1. The molecule has 120 valence electrons. The van der Waals surface area contributed by atoms with Gasteiger partial charge in [0, 0.05) is 17.9 Å². The van der Waals surface area contributed by atoms with Crippen molar-refractivity contribution in [2.75, 3.05) is 27.8 Å². The Morgan fingerprint density at radius 2 is 2.00 bits per heavy atom. The fourth-order valence-electron chi connectivity index (χ4n) is 4.17. The van der Waals surface area contributed by atoms with Crippen LogP contribution < -0.4 is 9.47 Å². The van der Waals surface area contributed by atoms with Crippen LogP contribution in [0.5, 0.6) is 11.5 Å². The highest BCUT2D eigenvalue weighted by Crippen LogP contribution is 2.49. The van der Waals surface area contributed by atoms with E-state index in [1.807, 2.05) is 6.07 Å². The molecule has 1 saturated carbocycles. The summed E-state index contributed by atoms with van der Waals surface area (Å²) < 4.78 is 10.8. The average Bonchev–Trinajstić information content (AvgIpc) is 2.91. The van der Waals surface area contributed by atoms with E-state index < -0.39 is 0 Å². The van der Waals surface area contributed by atoms with Crippen molar-refractivity contribution in [2.24, 2.45) is 5.16 Å². The fourth-order valence-corrected chi connectivity index (χ4v) is 4.17. The zero-order valence-corrected chi connectivity index (χ0v) is 13.5. The normalized spacial score (nSPS) is 30.3. The van der Waals surface area contributed by atoms with Crippen LogP contribution in [0.2, 0.25) is 0 Å². The Hall–Kier alpha value is -1.75. The number of fused-ring (bicyclic) bond motifs is 1. The van der Waals surface area contributed by atoms with Gasteiger partial charge in [0.1, 0.15) is 0 Å². The molecule has 0 radical (unpaired) electrons. The molecule has 1 saturated heterocycles. The molecule has 22 heavy (non-hydrogen) atoms. The monoisotopic (exact) mass is 304 g/mol. The summed E-state index contributed by atoms with van der Waals surface area (Å²) in [4.78, 5) is 2.39. The van der Waals surface area contributed by atoms with Gasteiger partial charge >= 0.3 is 0 Å². The topological polar surface area (TPSA) is 54.3 Å². The lowest BCUT2D eigenvalue weighted by Crippen LogP contribution is -2.46. The number of likely N-dealkylation sites (tertiary alicyclic amines) is 1. The number of likely N-dealkylation sites (N-methyl/N-ethyl adjacent to an activating group) is 1. The maximum Gasteiger partial charge on any atom is 0.161 e. The summed E-state index contributed by atoms with van der Waals surface area (Å²) in [6.07, 6.45) is 3.83. The van der Waals surface area contributed by atoms with Crippen LogP contribution in [-0.2, 0) is 5.41 Å². The second kappa shape index (κ2) is 5.80. The summed E-state index contributed by atoms with van der Waals surface area (Å²) in [5.74, 6) is 1.54. The summed E-state index contributed by atoms with van der Waals surface area (Å²) in [5.41, 5.74) is 2.33. The van der Waals surface area contributed by atoms with E-state index in [1.54, 1.807) is 14.2 Å². The van der Waals surface area contributed by atoms with Crippen molar-refractivity contribution in [3.63, 3.8) is 0 Å². The Balaban J connectivity index is 2.01. The highest BCUT2D eigenvalue weighted by atomic mass is 16.5. The summed E-state index contributed by atoms with van der Waals surface area (Å²) in [6, 6.07) is 6.65. The molecule has 0 bridgehead atoms. The van der Waals surface area contributed by atoms with E-state index in [-0.39, 0.29) is 5.41 Å². The first kappa shape index (κ1) is 15.2. The lowest BCUT2D eigenvalue weighted by atomic mass is 9.65. The van der Waals surface area contributed by atoms with E-state index in [9.17, 15) is 0 Å². The third kappa shape index (κ3) is 2.24. The molecule has 1 aromatic carbocycles. The molecule has 5 heteroatoms. The largest absolute Gasteiger partial charge is 0.493 e. The molecule has 2 fully saturated rings. The molecule has 0 unspecified atom stereocenters. The number of rotatable bonds is 3.